The molecule has 1 saturated heterocycles. The Morgan fingerprint density at radius 2 is 2.11 bits per heavy atom. The van der Waals surface area contributed by atoms with Crippen molar-refractivity contribution in [1.82, 2.24) is 15.0 Å². The molecule has 0 unspecified atom stereocenters. The lowest BCUT2D eigenvalue weighted by molar-refractivity contribution is 0.122. The number of hydrogen-bond acceptors (Lipinski definition) is 7. The minimum atomic E-state index is 0.549. The van der Waals surface area contributed by atoms with E-state index in [9.17, 15) is 0 Å². The average molecular weight is 277 g/mol. The van der Waals surface area contributed by atoms with Crippen LogP contribution in [0.3, 0.4) is 0 Å². The van der Waals surface area contributed by atoms with E-state index in [0.717, 1.165) is 42.7 Å². The van der Waals surface area contributed by atoms with Crippen molar-refractivity contribution in [3.05, 3.63) is 17.1 Å². The van der Waals surface area contributed by atoms with E-state index in [0.29, 0.717) is 11.0 Å². The zero-order chi connectivity index (χ0) is 13.2. The van der Waals surface area contributed by atoms with Gasteiger partial charge in [0.1, 0.15) is 11.5 Å². The van der Waals surface area contributed by atoms with E-state index in [4.69, 9.17) is 10.5 Å². The maximum absolute atomic E-state index is 5.72. The largest absolute Gasteiger partial charge is 0.378 e. The van der Waals surface area contributed by atoms with Crippen LogP contribution >= 0.6 is 11.3 Å². The van der Waals surface area contributed by atoms with Gasteiger partial charge in [-0.25, -0.2) is 15.0 Å². The topological polar surface area (TPSA) is 77.2 Å². The van der Waals surface area contributed by atoms with E-state index in [1.54, 1.807) is 6.20 Å². The molecule has 2 aromatic rings. The molecule has 2 N–H and O–H groups in total. The highest BCUT2D eigenvalue weighted by Crippen LogP contribution is 2.27. The van der Waals surface area contributed by atoms with Crippen molar-refractivity contribution in [2.24, 2.45) is 0 Å². The van der Waals surface area contributed by atoms with Crippen molar-refractivity contribution in [2.45, 2.75) is 6.92 Å². The van der Waals surface area contributed by atoms with Gasteiger partial charge < -0.3 is 15.4 Å². The Morgan fingerprint density at radius 3 is 2.79 bits per heavy atom. The fourth-order valence-electron chi connectivity index (χ4n) is 2.06. The molecule has 7 heteroatoms. The van der Waals surface area contributed by atoms with E-state index in [-0.39, 0.29) is 0 Å². The Bertz CT molecular complexity index is 579. The zero-order valence-electron chi connectivity index (χ0n) is 10.7. The number of rotatable bonds is 2. The molecule has 2 aromatic heterocycles. The molecule has 0 spiro atoms. The summed E-state index contributed by atoms with van der Waals surface area (Å²) in [4.78, 5) is 16.4. The maximum Gasteiger partial charge on any atom is 0.181 e. The highest BCUT2D eigenvalue weighted by Gasteiger charge is 2.16. The van der Waals surface area contributed by atoms with Crippen LogP contribution < -0.4 is 10.6 Å². The molecular weight excluding hydrogens is 262 g/mol. The molecule has 0 aromatic carbocycles. The Morgan fingerprint density at radius 1 is 1.32 bits per heavy atom. The van der Waals surface area contributed by atoms with E-state index in [2.05, 4.69) is 19.9 Å². The van der Waals surface area contributed by atoms with Crippen LogP contribution in [-0.2, 0) is 4.74 Å². The van der Waals surface area contributed by atoms with Crippen molar-refractivity contribution < 1.29 is 4.74 Å². The van der Waals surface area contributed by atoms with E-state index >= 15 is 0 Å². The first-order valence-electron chi connectivity index (χ1n) is 6.13. The standard InChI is InChI=1S/C12H15N5OS/c1-8-10(16-12(13)19-8)11-14-3-2-9(15-11)17-4-6-18-7-5-17/h2-3H,4-7H2,1H3,(H2,13,16). The highest BCUT2D eigenvalue weighted by molar-refractivity contribution is 7.15. The Kier molecular flexibility index (Phi) is 3.31. The van der Waals surface area contributed by atoms with Gasteiger partial charge in [-0.15, -0.1) is 11.3 Å². The molecule has 0 atom stereocenters. The van der Waals surface area contributed by atoms with Gasteiger partial charge in [0.05, 0.1) is 13.2 Å². The third kappa shape index (κ3) is 2.52. The van der Waals surface area contributed by atoms with Crippen LogP contribution in [0.4, 0.5) is 10.9 Å². The van der Waals surface area contributed by atoms with Crippen LogP contribution in [0.5, 0.6) is 0 Å². The number of ether oxygens (including phenoxy) is 1. The molecule has 1 aliphatic heterocycles. The van der Waals surface area contributed by atoms with Gasteiger partial charge in [0, 0.05) is 24.2 Å². The Labute approximate surface area is 115 Å². The minimum absolute atomic E-state index is 0.549. The quantitative estimate of drug-likeness (QED) is 0.892. The number of hydrogen-bond donors (Lipinski definition) is 1. The number of aromatic nitrogens is 3. The summed E-state index contributed by atoms with van der Waals surface area (Å²) in [5, 5.41) is 0.549. The minimum Gasteiger partial charge on any atom is -0.378 e. The molecule has 3 rings (SSSR count). The Hall–Kier alpha value is -1.73. The number of aryl methyl sites for hydroxylation is 1. The molecule has 1 fully saturated rings. The van der Waals surface area contributed by atoms with Gasteiger partial charge in [-0.3, -0.25) is 0 Å². The summed E-state index contributed by atoms with van der Waals surface area (Å²) >= 11 is 1.46. The van der Waals surface area contributed by atoms with Crippen LogP contribution in [0.15, 0.2) is 12.3 Å². The van der Waals surface area contributed by atoms with Crippen molar-refractivity contribution >= 4 is 22.3 Å². The zero-order valence-corrected chi connectivity index (χ0v) is 11.5. The first kappa shape index (κ1) is 12.3. The molecule has 6 nitrogen and oxygen atoms in total. The van der Waals surface area contributed by atoms with Gasteiger partial charge >= 0.3 is 0 Å². The van der Waals surface area contributed by atoms with Gasteiger partial charge in [-0.2, -0.15) is 0 Å². The SMILES string of the molecule is Cc1sc(N)nc1-c1nccc(N2CCOCC2)n1. The number of anilines is 2. The van der Waals surface area contributed by atoms with Crippen molar-refractivity contribution in [1.29, 1.82) is 0 Å². The van der Waals surface area contributed by atoms with Crippen molar-refractivity contribution in [3.63, 3.8) is 0 Å². The molecular formula is C12H15N5OS. The smallest absolute Gasteiger partial charge is 0.181 e. The van der Waals surface area contributed by atoms with E-state index in [1.165, 1.54) is 11.3 Å². The molecule has 1 aliphatic rings. The summed E-state index contributed by atoms with van der Waals surface area (Å²) in [6, 6.07) is 1.92. The van der Waals surface area contributed by atoms with Gasteiger partial charge in [0.25, 0.3) is 0 Å². The third-order valence-corrected chi connectivity index (χ3v) is 3.80. The molecule has 0 amide bonds. The molecule has 19 heavy (non-hydrogen) atoms. The summed E-state index contributed by atoms with van der Waals surface area (Å²) in [5.74, 6) is 1.55. The molecule has 0 bridgehead atoms. The lowest BCUT2D eigenvalue weighted by Gasteiger charge is -2.27. The van der Waals surface area contributed by atoms with Gasteiger partial charge in [-0.1, -0.05) is 0 Å². The second-order valence-corrected chi connectivity index (χ2v) is 5.53. The number of nitrogens with two attached hydrogens (primary N) is 1. The first-order valence-corrected chi connectivity index (χ1v) is 6.95. The fraction of sp³-hybridized carbons (Fsp3) is 0.417. The van der Waals surface area contributed by atoms with Crippen LogP contribution in [0, 0.1) is 6.92 Å². The molecule has 3 heterocycles. The second-order valence-electron chi connectivity index (χ2n) is 4.29. The molecule has 0 saturated carbocycles. The van der Waals surface area contributed by atoms with Crippen molar-refractivity contribution in [2.75, 3.05) is 36.9 Å². The van der Waals surface area contributed by atoms with Crippen LogP contribution in [0.2, 0.25) is 0 Å². The summed E-state index contributed by atoms with van der Waals surface area (Å²) in [6.45, 7) is 5.17. The average Bonchev–Trinajstić information content (AvgIpc) is 2.79. The summed E-state index contributed by atoms with van der Waals surface area (Å²) < 4.78 is 5.35. The molecule has 0 aliphatic carbocycles. The number of nitrogens with zero attached hydrogens (tertiary/aromatic N) is 4. The van der Waals surface area contributed by atoms with Crippen LogP contribution in [-0.4, -0.2) is 41.3 Å². The van der Waals surface area contributed by atoms with E-state index < -0.39 is 0 Å². The molecule has 100 valence electrons. The van der Waals surface area contributed by atoms with Gasteiger partial charge in [-0.05, 0) is 13.0 Å². The third-order valence-electron chi connectivity index (χ3n) is 3.00. The summed E-state index contributed by atoms with van der Waals surface area (Å²) in [6.07, 6.45) is 1.77. The maximum atomic E-state index is 5.72. The van der Waals surface area contributed by atoms with Crippen molar-refractivity contribution in [3.8, 4) is 11.5 Å². The number of nitrogen functional groups attached to an aromatic ring is 1. The Balaban J connectivity index is 1.93. The van der Waals surface area contributed by atoms with E-state index in [1.807, 2.05) is 13.0 Å². The predicted octanol–water partition coefficient (Wildman–Crippen LogP) is 1.33. The number of morpholine rings is 1. The highest BCUT2D eigenvalue weighted by atomic mass is 32.1. The summed E-state index contributed by atoms with van der Waals surface area (Å²) in [5.41, 5.74) is 6.50. The second kappa shape index (κ2) is 5.10. The van der Waals surface area contributed by atoms with Gasteiger partial charge in [0.2, 0.25) is 0 Å². The molecule has 0 radical (unpaired) electrons. The summed E-state index contributed by atoms with van der Waals surface area (Å²) in [7, 11) is 0. The van der Waals surface area contributed by atoms with Crippen LogP contribution in [0.1, 0.15) is 4.88 Å². The lowest BCUT2D eigenvalue weighted by atomic mass is 10.3. The van der Waals surface area contributed by atoms with Gasteiger partial charge in [0.15, 0.2) is 11.0 Å². The monoisotopic (exact) mass is 277 g/mol. The number of thiazole rings is 1. The lowest BCUT2D eigenvalue weighted by Crippen LogP contribution is -2.36. The first-order chi connectivity index (χ1) is 9.24. The van der Waals surface area contributed by atoms with Crippen LogP contribution in [0.25, 0.3) is 11.5 Å². The predicted molar refractivity (Wildman–Crippen MR) is 75.3 cm³/mol. The normalized spacial score (nSPS) is 15.7. The fourth-order valence-corrected chi connectivity index (χ4v) is 2.74.